The molecule has 78 valence electrons. The minimum absolute atomic E-state index is 0.0929. The molecule has 0 aliphatic rings. The Hall–Kier alpha value is -1.42. The van der Waals surface area contributed by atoms with Crippen LogP contribution < -0.4 is 5.32 Å². The third kappa shape index (κ3) is 1.99. The van der Waals surface area contributed by atoms with E-state index in [-0.39, 0.29) is 5.78 Å². The summed E-state index contributed by atoms with van der Waals surface area (Å²) in [6.45, 7) is 4.47. The van der Waals surface area contributed by atoms with Crippen LogP contribution in [-0.2, 0) is 0 Å². The number of ketones is 1. The summed E-state index contributed by atoms with van der Waals surface area (Å²) in [6, 6.07) is 5.61. The Balaban J connectivity index is 2.47. The molecule has 15 heavy (non-hydrogen) atoms. The molecule has 0 saturated heterocycles. The molecule has 0 unspecified atom stereocenters. The predicted octanol–water partition coefficient (Wildman–Crippen LogP) is 2.93. The Morgan fingerprint density at radius 1 is 1.53 bits per heavy atom. The lowest BCUT2D eigenvalue weighted by Crippen LogP contribution is -1.94. The van der Waals surface area contributed by atoms with Gasteiger partial charge in [-0.2, -0.15) is 0 Å². The summed E-state index contributed by atoms with van der Waals surface area (Å²) in [5.41, 5.74) is 1.69. The van der Waals surface area contributed by atoms with Crippen molar-refractivity contribution in [3.05, 3.63) is 23.8 Å². The molecule has 0 bridgehead atoms. The molecule has 2 rings (SSSR count). The zero-order valence-electron chi connectivity index (χ0n) is 8.70. The Kier molecular flexibility index (Phi) is 2.68. The fourth-order valence-electron chi connectivity index (χ4n) is 1.37. The number of hydrogen-bond acceptors (Lipinski definition) is 4. The van der Waals surface area contributed by atoms with E-state index >= 15 is 0 Å². The molecule has 0 atom stereocenters. The van der Waals surface area contributed by atoms with Gasteiger partial charge in [-0.3, -0.25) is 4.79 Å². The van der Waals surface area contributed by atoms with E-state index in [0.717, 1.165) is 27.5 Å². The molecule has 1 N–H and O–H groups in total. The van der Waals surface area contributed by atoms with Crippen LogP contribution >= 0.6 is 11.3 Å². The molecule has 0 radical (unpaired) electrons. The minimum Gasteiger partial charge on any atom is -0.362 e. The minimum atomic E-state index is 0.0929. The second kappa shape index (κ2) is 3.98. The van der Waals surface area contributed by atoms with E-state index in [1.807, 2.05) is 25.1 Å². The van der Waals surface area contributed by atoms with Gasteiger partial charge in [-0.1, -0.05) is 11.3 Å². The van der Waals surface area contributed by atoms with Crippen LogP contribution in [-0.4, -0.2) is 17.3 Å². The van der Waals surface area contributed by atoms with E-state index in [1.165, 1.54) is 0 Å². The SMILES string of the molecule is CCNc1nc2ccc(C(C)=O)cc2s1. The Bertz CT molecular complexity index is 504. The predicted molar refractivity (Wildman–Crippen MR) is 63.8 cm³/mol. The van der Waals surface area contributed by atoms with E-state index in [2.05, 4.69) is 10.3 Å². The van der Waals surface area contributed by atoms with Gasteiger partial charge >= 0.3 is 0 Å². The fraction of sp³-hybridized carbons (Fsp3) is 0.273. The summed E-state index contributed by atoms with van der Waals surface area (Å²) >= 11 is 1.58. The van der Waals surface area contributed by atoms with Crippen molar-refractivity contribution < 1.29 is 4.79 Å². The molecule has 1 aromatic heterocycles. The molecule has 1 aromatic carbocycles. The molecule has 0 spiro atoms. The highest BCUT2D eigenvalue weighted by Gasteiger charge is 2.05. The average Bonchev–Trinajstić information content (AvgIpc) is 2.59. The molecule has 0 fully saturated rings. The summed E-state index contributed by atoms with van der Waals surface area (Å²) in [5.74, 6) is 0.0929. The molecular formula is C11H12N2OS. The molecule has 0 aliphatic carbocycles. The molecule has 0 amide bonds. The van der Waals surface area contributed by atoms with Crippen molar-refractivity contribution in [1.82, 2.24) is 4.98 Å². The number of hydrogen-bond donors (Lipinski definition) is 1. The van der Waals surface area contributed by atoms with Gasteiger partial charge in [0.2, 0.25) is 0 Å². The van der Waals surface area contributed by atoms with Gasteiger partial charge < -0.3 is 5.32 Å². The first-order valence-electron chi connectivity index (χ1n) is 4.86. The Morgan fingerprint density at radius 2 is 2.33 bits per heavy atom. The third-order valence-corrected chi connectivity index (χ3v) is 3.10. The van der Waals surface area contributed by atoms with Crippen molar-refractivity contribution in [2.45, 2.75) is 13.8 Å². The first-order valence-corrected chi connectivity index (χ1v) is 5.67. The highest BCUT2D eigenvalue weighted by molar-refractivity contribution is 7.22. The zero-order valence-corrected chi connectivity index (χ0v) is 9.52. The van der Waals surface area contributed by atoms with Crippen molar-refractivity contribution in [2.75, 3.05) is 11.9 Å². The molecular weight excluding hydrogens is 208 g/mol. The van der Waals surface area contributed by atoms with Crippen LogP contribution in [0.3, 0.4) is 0 Å². The van der Waals surface area contributed by atoms with Crippen molar-refractivity contribution in [2.24, 2.45) is 0 Å². The molecule has 2 aromatic rings. The lowest BCUT2D eigenvalue weighted by Gasteiger charge is -1.92. The summed E-state index contributed by atoms with van der Waals surface area (Å²) in [4.78, 5) is 15.6. The molecule has 1 heterocycles. The second-order valence-electron chi connectivity index (χ2n) is 3.29. The number of benzene rings is 1. The standard InChI is InChI=1S/C11H12N2OS/c1-3-12-11-13-9-5-4-8(7(2)14)6-10(9)15-11/h4-6H,3H2,1-2H3,(H,12,13). The van der Waals surface area contributed by atoms with Gasteiger partial charge in [0.1, 0.15) is 0 Å². The van der Waals surface area contributed by atoms with Gasteiger partial charge in [0.15, 0.2) is 10.9 Å². The van der Waals surface area contributed by atoms with E-state index in [9.17, 15) is 4.79 Å². The van der Waals surface area contributed by atoms with Crippen molar-refractivity contribution in [1.29, 1.82) is 0 Å². The lowest BCUT2D eigenvalue weighted by molar-refractivity contribution is 0.101. The zero-order chi connectivity index (χ0) is 10.8. The first-order chi connectivity index (χ1) is 7.20. The average molecular weight is 220 g/mol. The summed E-state index contributed by atoms with van der Waals surface area (Å²) < 4.78 is 1.05. The largest absolute Gasteiger partial charge is 0.362 e. The first kappa shape index (κ1) is 10.1. The number of anilines is 1. The van der Waals surface area contributed by atoms with Crippen LogP contribution in [0.1, 0.15) is 24.2 Å². The van der Waals surface area contributed by atoms with E-state index in [0.29, 0.717) is 0 Å². The van der Waals surface area contributed by atoms with Crippen LogP contribution in [0, 0.1) is 0 Å². The van der Waals surface area contributed by atoms with Gasteiger partial charge in [-0.15, -0.1) is 0 Å². The van der Waals surface area contributed by atoms with Crippen molar-refractivity contribution >= 4 is 32.5 Å². The van der Waals surface area contributed by atoms with Crippen LogP contribution in [0.2, 0.25) is 0 Å². The maximum atomic E-state index is 11.2. The lowest BCUT2D eigenvalue weighted by atomic mass is 10.1. The monoisotopic (exact) mass is 220 g/mol. The number of rotatable bonds is 3. The number of nitrogens with zero attached hydrogens (tertiary/aromatic N) is 1. The molecule has 4 heteroatoms. The number of fused-ring (bicyclic) bond motifs is 1. The molecule has 0 saturated carbocycles. The van der Waals surface area contributed by atoms with Gasteiger partial charge in [0.05, 0.1) is 10.2 Å². The number of Topliss-reactive ketones (excluding diaryl/α,β-unsaturated/α-hetero) is 1. The molecule has 0 aliphatic heterocycles. The summed E-state index contributed by atoms with van der Waals surface area (Å²) in [5, 5.41) is 4.08. The number of carbonyl (C=O) groups is 1. The maximum Gasteiger partial charge on any atom is 0.183 e. The summed E-state index contributed by atoms with van der Waals surface area (Å²) in [7, 11) is 0. The normalized spacial score (nSPS) is 10.5. The van der Waals surface area contributed by atoms with E-state index in [1.54, 1.807) is 18.3 Å². The van der Waals surface area contributed by atoms with E-state index < -0.39 is 0 Å². The fourth-order valence-corrected chi connectivity index (χ4v) is 2.34. The number of thiazole rings is 1. The number of carbonyl (C=O) groups excluding carboxylic acids is 1. The van der Waals surface area contributed by atoms with Crippen LogP contribution in [0.25, 0.3) is 10.2 Å². The Labute approximate surface area is 92.1 Å². The smallest absolute Gasteiger partial charge is 0.183 e. The van der Waals surface area contributed by atoms with Crippen molar-refractivity contribution in [3.8, 4) is 0 Å². The van der Waals surface area contributed by atoms with Crippen molar-refractivity contribution in [3.63, 3.8) is 0 Å². The highest BCUT2D eigenvalue weighted by atomic mass is 32.1. The quantitative estimate of drug-likeness (QED) is 0.809. The van der Waals surface area contributed by atoms with E-state index in [4.69, 9.17) is 0 Å². The maximum absolute atomic E-state index is 11.2. The van der Waals surface area contributed by atoms with Crippen LogP contribution in [0.5, 0.6) is 0 Å². The van der Waals surface area contributed by atoms with Gasteiger partial charge in [-0.05, 0) is 32.0 Å². The number of aromatic nitrogens is 1. The second-order valence-corrected chi connectivity index (χ2v) is 4.32. The highest BCUT2D eigenvalue weighted by Crippen LogP contribution is 2.26. The topological polar surface area (TPSA) is 42.0 Å². The van der Waals surface area contributed by atoms with Gasteiger partial charge in [0, 0.05) is 12.1 Å². The Morgan fingerprint density at radius 3 is 3.00 bits per heavy atom. The number of nitrogens with one attached hydrogen (secondary N) is 1. The van der Waals surface area contributed by atoms with Crippen LogP contribution in [0.4, 0.5) is 5.13 Å². The third-order valence-electron chi connectivity index (χ3n) is 2.12. The molecule has 3 nitrogen and oxygen atoms in total. The van der Waals surface area contributed by atoms with Gasteiger partial charge in [-0.25, -0.2) is 4.98 Å². The van der Waals surface area contributed by atoms with Gasteiger partial charge in [0.25, 0.3) is 0 Å². The van der Waals surface area contributed by atoms with Crippen LogP contribution in [0.15, 0.2) is 18.2 Å². The summed E-state index contributed by atoms with van der Waals surface area (Å²) in [6.07, 6.45) is 0.